The van der Waals surface area contributed by atoms with Gasteiger partial charge in [0.25, 0.3) is 0 Å². The molecule has 1 saturated carbocycles. The molecule has 2 bridgehead atoms. The highest BCUT2D eigenvalue weighted by Gasteiger charge is 2.43. The minimum atomic E-state index is 0.658. The van der Waals surface area contributed by atoms with Crippen molar-refractivity contribution in [3.63, 3.8) is 0 Å². The van der Waals surface area contributed by atoms with Gasteiger partial charge in [-0.1, -0.05) is 12.2 Å². The smallest absolute Gasteiger partial charge is 0.120 e. The van der Waals surface area contributed by atoms with E-state index in [0.717, 1.165) is 25.4 Å². The first kappa shape index (κ1) is 10.6. The number of fused-ring (bicyclic) bond motifs is 2. The molecule has 2 aliphatic carbocycles. The molecule has 2 heteroatoms. The van der Waals surface area contributed by atoms with E-state index < -0.39 is 0 Å². The highest BCUT2D eigenvalue weighted by molar-refractivity contribution is 5.49. The Labute approximate surface area is 90.7 Å². The second-order valence-corrected chi connectivity index (χ2v) is 4.76. The zero-order chi connectivity index (χ0) is 10.7. The van der Waals surface area contributed by atoms with Crippen molar-refractivity contribution in [2.75, 3.05) is 0 Å². The molecule has 0 radical (unpaired) electrons. The normalized spacial score (nSPS) is 37.1. The zero-order valence-corrected chi connectivity index (χ0v) is 8.97. The van der Waals surface area contributed by atoms with Crippen LogP contribution in [0.5, 0.6) is 0 Å². The largest absolute Gasteiger partial charge is 0.303 e. The Balaban J connectivity index is 1.96. The third kappa shape index (κ3) is 2.04. The van der Waals surface area contributed by atoms with E-state index in [4.69, 9.17) is 0 Å². The van der Waals surface area contributed by atoms with Gasteiger partial charge in [0.15, 0.2) is 0 Å². The predicted molar refractivity (Wildman–Crippen MR) is 58.3 cm³/mol. The van der Waals surface area contributed by atoms with Crippen molar-refractivity contribution in [3.05, 3.63) is 12.2 Å². The van der Waals surface area contributed by atoms with E-state index in [1.165, 1.54) is 6.42 Å². The average molecular weight is 206 g/mol. The lowest BCUT2D eigenvalue weighted by Crippen LogP contribution is -2.19. The number of allylic oxidation sites excluding steroid dienone is 2. The summed E-state index contributed by atoms with van der Waals surface area (Å²) in [6, 6.07) is 0. The Morgan fingerprint density at radius 3 is 1.80 bits per heavy atom. The summed E-state index contributed by atoms with van der Waals surface area (Å²) in [6.45, 7) is 0. The van der Waals surface area contributed by atoms with Crippen LogP contribution in [0, 0.1) is 23.7 Å². The number of rotatable bonds is 6. The second kappa shape index (κ2) is 4.73. The van der Waals surface area contributed by atoms with Crippen molar-refractivity contribution in [3.8, 4) is 0 Å². The summed E-state index contributed by atoms with van der Waals surface area (Å²) in [7, 11) is 0. The van der Waals surface area contributed by atoms with Gasteiger partial charge in [0.1, 0.15) is 12.6 Å². The minimum absolute atomic E-state index is 0.658. The zero-order valence-electron chi connectivity index (χ0n) is 8.97. The van der Waals surface area contributed by atoms with Crippen LogP contribution in [0.1, 0.15) is 32.1 Å². The van der Waals surface area contributed by atoms with Crippen LogP contribution in [0.15, 0.2) is 12.2 Å². The molecule has 0 amide bonds. The fourth-order valence-electron chi connectivity index (χ4n) is 3.40. The lowest BCUT2D eigenvalue weighted by molar-refractivity contribution is -0.109. The molecule has 0 aromatic rings. The van der Waals surface area contributed by atoms with E-state index >= 15 is 0 Å². The summed E-state index contributed by atoms with van der Waals surface area (Å²) < 4.78 is 0. The Hall–Kier alpha value is -0.920. The summed E-state index contributed by atoms with van der Waals surface area (Å²) in [4.78, 5) is 20.8. The minimum Gasteiger partial charge on any atom is -0.303 e. The van der Waals surface area contributed by atoms with Crippen molar-refractivity contribution in [2.24, 2.45) is 23.7 Å². The molecule has 15 heavy (non-hydrogen) atoms. The van der Waals surface area contributed by atoms with Crippen LogP contribution >= 0.6 is 0 Å². The summed E-state index contributed by atoms with van der Waals surface area (Å²) in [5.74, 6) is 2.69. The molecular weight excluding hydrogens is 188 g/mol. The SMILES string of the molecule is O=CCCC1C2C=CC(C2)C1CCC=O. The molecule has 82 valence electrons. The molecule has 0 N–H and O–H groups in total. The van der Waals surface area contributed by atoms with Crippen LogP contribution in [0.4, 0.5) is 0 Å². The topological polar surface area (TPSA) is 34.1 Å². The van der Waals surface area contributed by atoms with Crippen LogP contribution in [-0.4, -0.2) is 12.6 Å². The number of hydrogen-bond acceptors (Lipinski definition) is 2. The molecule has 2 nitrogen and oxygen atoms in total. The summed E-state index contributed by atoms with van der Waals surface area (Å²) in [5, 5.41) is 0. The van der Waals surface area contributed by atoms with Crippen LogP contribution in [0.25, 0.3) is 0 Å². The van der Waals surface area contributed by atoms with Gasteiger partial charge in [0.05, 0.1) is 0 Å². The molecule has 0 aromatic carbocycles. The molecular formula is C13H18O2. The first-order valence-electron chi connectivity index (χ1n) is 5.92. The van der Waals surface area contributed by atoms with Gasteiger partial charge in [-0.25, -0.2) is 0 Å². The third-order valence-electron chi connectivity index (χ3n) is 4.04. The van der Waals surface area contributed by atoms with Crippen LogP contribution in [0.3, 0.4) is 0 Å². The molecule has 0 heterocycles. The molecule has 0 saturated heterocycles. The molecule has 2 aliphatic rings. The summed E-state index contributed by atoms with van der Waals surface area (Å²) >= 11 is 0. The Bertz CT molecular complexity index is 244. The average Bonchev–Trinajstić information content (AvgIpc) is 2.83. The van der Waals surface area contributed by atoms with Gasteiger partial charge >= 0.3 is 0 Å². The van der Waals surface area contributed by atoms with E-state index in [9.17, 15) is 9.59 Å². The van der Waals surface area contributed by atoms with E-state index in [1.54, 1.807) is 0 Å². The highest BCUT2D eigenvalue weighted by Crippen LogP contribution is 2.51. The molecule has 1 fully saturated rings. The van der Waals surface area contributed by atoms with Crippen molar-refractivity contribution < 1.29 is 9.59 Å². The van der Waals surface area contributed by atoms with Gasteiger partial charge in [0, 0.05) is 12.8 Å². The number of aldehydes is 2. The Kier molecular flexibility index (Phi) is 3.34. The van der Waals surface area contributed by atoms with Gasteiger partial charge < -0.3 is 9.59 Å². The molecule has 4 atom stereocenters. The maximum Gasteiger partial charge on any atom is 0.120 e. The summed E-state index contributed by atoms with van der Waals surface area (Å²) in [5.41, 5.74) is 0. The number of hydrogen-bond donors (Lipinski definition) is 0. The van der Waals surface area contributed by atoms with Gasteiger partial charge in [0.2, 0.25) is 0 Å². The highest BCUT2D eigenvalue weighted by atomic mass is 16.1. The first-order valence-corrected chi connectivity index (χ1v) is 5.92. The quantitative estimate of drug-likeness (QED) is 0.494. The second-order valence-electron chi connectivity index (χ2n) is 4.76. The van der Waals surface area contributed by atoms with E-state index in [-0.39, 0.29) is 0 Å². The van der Waals surface area contributed by atoms with Gasteiger partial charge in [-0.3, -0.25) is 0 Å². The standard InChI is InChI=1S/C13H18O2/c14-7-1-3-12-10-5-6-11(9-10)13(12)4-2-8-15/h5-8,10-13H,1-4,9H2. The van der Waals surface area contributed by atoms with E-state index in [2.05, 4.69) is 12.2 Å². The van der Waals surface area contributed by atoms with Crippen LogP contribution in [-0.2, 0) is 9.59 Å². The molecule has 2 rings (SSSR count). The Morgan fingerprint density at radius 2 is 1.40 bits per heavy atom. The molecule has 0 aliphatic heterocycles. The van der Waals surface area contributed by atoms with Crippen LogP contribution in [0.2, 0.25) is 0 Å². The first-order chi connectivity index (χ1) is 7.36. The fourth-order valence-corrected chi connectivity index (χ4v) is 3.40. The molecule has 4 unspecified atom stereocenters. The van der Waals surface area contributed by atoms with Gasteiger partial charge in [-0.2, -0.15) is 0 Å². The van der Waals surface area contributed by atoms with Crippen molar-refractivity contribution >= 4 is 12.6 Å². The van der Waals surface area contributed by atoms with Crippen molar-refractivity contribution in [2.45, 2.75) is 32.1 Å². The fraction of sp³-hybridized carbons (Fsp3) is 0.692. The van der Waals surface area contributed by atoms with Gasteiger partial charge in [-0.15, -0.1) is 0 Å². The summed E-state index contributed by atoms with van der Waals surface area (Å²) in [6.07, 6.45) is 11.3. The maximum atomic E-state index is 10.4. The maximum absolute atomic E-state index is 10.4. The predicted octanol–water partition coefficient (Wildman–Crippen LogP) is 2.38. The third-order valence-corrected chi connectivity index (χ3v) is 4.04. The van der Waals surface area contributed by atoms with Crippen LogP contribution < -0.4 is 0 Å². The van der Waals surface area contributed by atoms with Crippen molar-refractivity contribution in [1.29, 1.82) is 0 Å². The van der Waals surface area contributed by atoms with E-state index in [1.807, 2.05) is 0 Å². The van der Waals surface area contributed by atoms with Gasteiger partial charge in [-0.05, 0) is 42.9 Å². The molecule has 0 spiro atoms. The van der Waals surface area contributed by atoms with E-state index in [0.29, 0.717) is 36.5 Å². The Morgan fingerprint density at radius 1 is 0.933 bits per heavy atom. The number of carbonyl (C=O) groups is 2. The monoisotopic (exact) mass is 206 g/mol. The molecule has 0 aromatic heterocycles. The van der Waals surface area contributed by atoms with Crippen molar-refractivity contribution in [1.82, 2.24) is 0 Å². The lowest BCUT2D eigenvalue weighted by Gasteiger charge is -2.27. The lowest BCUT2D eigenvalue weighted by atomic mass is 9.78. The number of carbonyl (C=O) groups excluding carboxylic acids is 2.